The molecule has 3 aromatic carbocycles. The second-order valence-electron chi connectivity index (χ2n) is 11.7. The fourth-order valence-electron chi connectivity index (χ4n) is 5.79. The van der Waals surface area contributed by atoms with Crippen molar-refractivity contribution in [2.24, 2.45) is 11.7 Å². The zero-order valence-corrected chi connectivity index (χ0v) is 26.7. The van der Waals surface area contributed by atoms with Crippen LogP contribution in [-0.4, -0.2) is 62.9 Å². The molecule has 244 valence electrons. The van der Waals surface area contributed by atoms with Crippen molar-refractivity contribution in [1.82, 2.24) is 15.6 Å². The Labute approximate surface area is 277 Å². The fourth-order valence-corrected chi connectivity index (χ4v) is 7.29. The summed E-state index contributed by atoms with van der Waals surface area (Å²) in [5.41, 5.74) is 7.80. The highest BCUT2D eigenvalue weighted by Crippen LogP contribution is 2.36. The van der Waals surface area contributed by atoms with E-state index in [2.05, 4.69) is 20.9 Å². The number of rotatable bonds is 14. The van der Waals surface area contributed by atoms with Gasteiger partial charge in [0.05, 0.1) is 30.0 Å². The van der Waals surface area contributed by atoms with Crippen molar-refractivity contribution in [2.75, 3.05) is 11.1 Å². The van der Waals surface area contributed by atoms with Crippen LogP contribution < -0.4 is 21.7 Å². The van der Waals surface area contributed by atoms with Crippen LogP contribution in [0.4, 0.5) is 5.69 Å². The maximum absolute atomic E-state index is 13.6. The minimum absolute atomic E-state index is 0.0118. The second kappa shape index (κ2) is 16.2. The van der Waals surface area contributed by atoms with Crippen LogP contribution in [0.5, 0.6) is 0 Å². The number of hydrogen-bond acceptors (Lipinski definition) is 7. The van der Waals surface area contributed by atoms with E-state index < -0.39 is 42.3 Å². The minimum Gasteiger partial charge on any atom is -0.390 e. The van der Waals surface area contributed by atoms with Gasteiger partial charge in [0.1, 0.15) is 11.7 Å². The molecule has 1 aliphatic carbocycles. The van der Waals surface area contributed by atoms with Crippen LogP contribution in [0.2, 0.25) is 0 Å². The third kappa shape index (κ3) is 9.40. The number of thioether (sulfide) groups is 1. The van der Waals surface area contributed by atoms with Gasteiger partial charge in [0, 0.05) is 22.1 Å². The average Bonchev–Trinajstić information content (AvgIpc) is 3.56. The summed E-state index contributed by atoms with van der Waals surface area (Å²) < 4.78 is 0. The number of primary amides is 1. The van der Waals surface area contributed by atoms with Gasteiger partial charge in [-0.25, -0.2) is 4.98 Å². The summed E-state index contributed by atoms with van der Waals surface area (Å²) in [6.45, 7) is 0. The highest BCUT2D eigenvalue weighted by atomic mass is 32.2. The van der Waals surface area contributed by atoms with Crippen LogP contribution in [0, 0.1) is 5.92 Å². The molecule has 0 spiro atoms. The Bertz CT molecular complexity index is 1690. The Hall–Kier alpha value is -4.74. The number of aromatic nitrogens is 1. The molecule has 10 nitrogen and oxygen atoms in total. The van der Waals surface area contributed by atoms with Crippen molar-refractivity contribution in [3.8, 4) is 0 Å². The van der Waals surface area contributed by atoms with Crippen LogP contribution in [-0.2, 0) is 20.8 Å². The Kier molecular flexibility index (Phi) is 11.6. The molecule has 0 aliphatic heterocycles. The summed E-state index contributed by atoms with van der Waals surface area (Å²) >= 11 is 1.52. The Morgan fingerprint density at radius 3 is 2.32 bits per heavy atom. The van der Waals surface area contributed by atoms with Crippen LogP contribution in [0.3, 0.4) is 0 Å². The van der Waals surface area contributed by atoms with E-state index in [0.29, 0.717) is 11.9 Å². The molecular weight excluding hydrogens is 614 g/mol. The molecule has 5 rings (SSSR count). The third-order valence-corrected chi connectivity index (χ3v) is 9.79. The topological polar surface area (TPSA) is 164 Å². The lowest BCUT2D eigenvalue weighted by Gasteiger charge is -2.28. The molecule has 0 unspecified atom stereocenters. The maximum atomic E-state index is 13.6. The Morgan fingerprint density at radius 1 is 0.872 bits per heavy atom. The first kappa shape index (κ1) is 33.6. The first-order chi connectivity index (χ1) is 22.8. The Morgan fingerprint density at radius 2 is 1.57 bits per heavy atom. The number of aliphatic hydroxyl groups excluding tert-OH is 1. The number of pyridine rings is 1. The van der Waals surface area contributed by atoms with Crippen molar-refractivity contribution in [1.29, 1.82) is 0 Å². The summed E-state index contributed by atoms with van der Waals surface area (Å²) in [7, 11) is 0. The molecule has 4 amide bonds. The molecule has 11 heteroatoms. The van der Waals surface area contributed by atoms with Crippen LogP contribution in [0.15, 0.2) is 97.1 Å². The minimum atomic E-state index is -1.28. The summed E-state index contributed by atoms with van der Waals surface area (Å²) in [4.78, 5) is 56.2. The molecule has 1 fully saturated rings. The number of hydrogen-bond donors (Lipinski definition) is 5. The van der Waals surface area contributed by atoms with Gasteiger partial charge < -0.3 is 26.8 Å². The summed E-state index contributed by atoms with van der Waals surface area (Å²) in [6.07, 6.45) is 1.39. The summed E-state index contributed by atoms with van der Waals surface area (Å²) in [5, 5.41) is 20.8. The number of benzene rings is 3. The smallest absolute Gasteiger partial charge is 0.270 e. The average molecular weight is 654 g/mol. The lowest BCUT2D eigenvalue weighted by molar-refractivity contribution is -0.128. The highest BCUT2D eigenvalue weighted by molar-refractivity contribution is 8.00. The van der Waals surface area contributed by atoms with Crippen LogP contribution >= 0.6 is 11.8 Å². The molecule has 1 saturated carbocycles. The van der Waals surface area contributed by atoms with E-state index in [0.717, 1.165) is 35.9 Å². The van der Waals surface area contributed by atoms with Gasteiger partial charge >= 0.3 is 0 Å². The van der Waals surface area contributed by atoms with E-state index in [1.165, 1.54) is 11.8 Å². The molecule has 0 radical (unpaired) electrons. The van der Waals surface area contributed by atoms with Gasteiger partial charge in [0.25, 0.3) is 5.91 Å². The molecule has 1 aliphatic rings. The number of fused-ring (bicyclic) bond motifs is 1. The number of nitrogens with zero attached hydrogens (tertiary/aromatic N) is 1. The van der Waals surface area contributed by atoms with Crippen molar-refractivity contribution < 1.29 is 24.3 Å². The number of para-hydroxylation sites is 2. The van der Waals surface area contributed by atoms with E-state index in [4.69, 9.17) is 5.73 Å². The van der Waals surface area contributed by atoms with Gasteiger partial charge in [-0.15, -0.1) is 0 Å². The quantitative estimate of drug-likeness (QED) is 0.138. The molecule has 5 atom stereocenters. The molecule has 0 saturated heterocycles. The molecule has 0 bridgehead atoms. The predicted octanol–water partition coefficient (Wildman–Crippen LogP) is 3.84. The van der Waals surface area contributed by atoms with Crippen LogP contribution in [0.25, 0.3) is 10.9 Å². The number of nitrogens with one attached hydrogen (secondary N) is 3. The second-order valence-corrected chi connectivity index (χ2v) is 13.0. The first-order valence-corrected chi connectivity index (χ1v) is 16.8. The van der Waals surface area contributed by atoms with Gasteiger partial charge in [-0.2, -0.15) is 11.8 Å². The van der Waals surface area contributed by atoms with Gasteiger partial charge in [0.2, 0.25) is 17.7 Å². The van der Waals surface area contributed by atoms with Gasteiger partial charge in [0.15, 0.2) is 0 Å². The number of carbonyl (C=O) groups is 4. The largest absolute Gasteiger partial charge is 0.390 e. The SMILES string of the molecule is NC(=O)C[C@H](NC(=O)c1ccc2ccccc2n1)C(=O)N[C@@H](Cc1ccccc1)[C@@H](O)CS[C@H]1CCC[C@H]1C(=O)Nc1ccccc1. The van der Waals surface area contributed by atoms with Crippen molar-refractivity contribution in [3.05, 3.63) is 108 Å². The Balaban J connectivity index is 1.26. The fraction of sp³-hybridized carbons (Fsp3) is 0.306. The van der Waals surface area contributed by atoms with E-state index in [1.54, 1.807) is 18.2 Å². The zero-order valence-electron chi connectivity index (χ0n) is 25.9. The monoisotopic (exact) mass is 653 g/mol. The third-order valence-electron chi connectivity index (χ3n) is 8.26. The van der Waals surface area contributed by atoms with E-state index in [-0.39, 0.29) is 28.5 Å². The normalized spacial score (nSPS) is 17.7. The van der Waals surface area contributed by atoms with Crippen LogP contribution in [0.1, 0.15) is 41.7 Å². The van der Waals surface area contributed by atoms with E-state index in [1.807, 2.05) is 78.9 Å². The molecule has 1 aromatic heterocycles. The van der Waals surface area contributed by atoms with E-state index in [9.17, 15) is 24.3 Å². The number of nitrogens with two attached hydrogens (primary N) is 1. The number of anilines is 1. The highest BCUT2D eigenvalue weighted by Gasteiger charge is 2.35. The summed E-state index contributed by atoms with van der Waals surface area (Å²) in [6, 6.07) is 27.3. The van der Waals surface area contributed by atoms with E-state index >= 15 is 0 Å². The number of carbonyl (C=O) groups excluding carboxylic acids is 4. The van der Waals surface area contributed by atoms with Crippen molar-refractivity contribution in [3.63, 3.8) is 0 Å². The zero-order chi connectivity index (χ0) is 33.2. The predicted molar refractivity (Wildman–Crippen MR) is 184 cm³/mol. The molecule has 4 aromatic rings. The van der Waals surface area contributed by atoms with Crippen molar-refractivity contribution in [2.45, 2.75) is 55.5 Å². The van der Waals surface area contributed by atoms with Crippen molar-refractivity contribution >= 4 is 52.0 Å². The first-order valence-electron chi connectivity index (χ1n) is 15.7. The summed E-state index contributed by atoms with van der Waals surface area (Å²) in [5.74, 6) is -2.02. The lowest BCUT2D eigenvalue weighted by atomic mass is 10.0. The molecule has 6 N–H and O–H groups in total. The molecular formula is C36H39N5O5S. The standard InChI is InChI=1S/C36H39N5O5S/c37-33(43)21-30(41-35(45)28-19-18-24-12-7-8-16-27(24)39-28)36(46)40-29(20-23-10-3-1-4-11-23)31(42)22-47-32-17-9-15-26(32)34(44)38-25-13-5-2-6-14-25/h1-8,10-14,16,18-19,26,29-32,42H,9,15,17,20-22H2,(H2,37,43)(H,38,44)(H,40,46)(H,41,45)/t26-,29+,30+,31+,32+/m1/s1. The van der Waals surface area contributed by atoms with Gasteiger partial charge in [-0.1, -0.05) is 79.2 Å². The van der Waals surface area contributed by atoms with Gasteiger partial charge in [-0.05, 0) is 49.1 Å². The molecule has 47 heavy (non-hydrogen) atoms. The number of aliphatic hydroxyl groups is 1. The number of amides is 4. The maximum Gasteiger partial charge on any atom is 0.270 e. The van der Waals surface area contributed by atoms with Gasteiger partial charge in [-0.3, -0.25) is 19.2 Å². The molecule has 1 heterocycles. The lowest BCUT2D eigenvalue weighted by Crippen LogP contribution is -2.54.